The minimum Gasteiger partial charge on any atom is -0.374 e. The van der Waals surface area contributed by atoms with E-state index in [-0.39, 0.29) is 11.6 Å². The number of nitrogens with two attached hydrogens (primary N) is 1. The SMILES string of the molecule is C=CCC(NN)C1(OCC)CCCCC1. The quantitative estimate of drug-likeness (QED) is 0.403. The Morgan fingerprint density at radius 1 is 1.47 bits per heavy atom. The zero-order valence-electron chi connectivity index (χ0n) is 9.80. The average Bonchev–Trinajstić information content (AvgIpc) is 2.27. The van der Waals surface area contributed by atoms with E-state index < -0.39 is 0 Å². The molecule has 1 fully saturated rings. The lowest BCUT2D eigenvalue weighted by Crippen LogP contribution is -2.55. The van der Waals surface area contributed by atoms with Gasteiger partial charge in [0.1, 0.15) is 0 Å². The molecule has 0 aromatic carbocycles. The van der Waals surface area contributed by atoms with Crippen LogP contribution in [0.15, 0.2) is 12.7 Å². The average molecular weight is 212 g/mol. The van der Waals surface area contributed by atoms with Crippen molar-refractivity contribution in [3.05, 3.63) is 12.7 Å². The Bertz CT molecular complexity index is 183. The van der Waals surface area contributed by atoms with Gasteiger partial charge < -0.3 is 4.74 Å². The van der Waals surface area contributed by atoms with Crippen molar-refractivity contribution >= 4 is 0 Å². The summed E-state index contributed by atoms with van der Waals surface area (Å²) in [6, 6.07) is 0.204. The van der Waals surface area contributed by atoms with Crippen molar-refractivity contribution in [3.63, 3.8) is 0 Å². The highest BCUT2D eigenvalue weighted by Crippen LogP contribution is 2.35. The lowest BCUT2D eigenvalue weighted by Gasteiger charge is -2.42. The summed E-state index contributed by atoms with van der Waals surface area (Å²) < 4.78 is 5.99. The molecule has 0 amide bonds. The van der Waals surface area contributed by atoms with Crippen LogP contribution >= 0.6 is 0 Å². The lowest BCUT2D eigenvalue weighted by atomic mass is 9.78. The smallest absolute Gasteiger partial charge is 0.0851 e. The minimum absolute atomic E-state index is 0.0596. The van der Waals surface area contributed by atoms with E-state index in [1.54, 1.807) is 0 Å². The molecular formula is C12H24N2O. The third-order valence-electron chi connectivity index (χ3n) is 3.37. The Labute approximate surface area is 93.0 Å². The van der Waals surface area contributed by atoms with Gasteiger partial charge in [0.05, 0.1) is 11.6 Å². The summed E-state index contributed by atoms with van der Waals surface area (Å²) in [4.78, 5) is 0. The zero-order chi connectivity index (χ0) is 11.1. The van der Waals surface area contributed by atoms with Gasteiger partial charge in [0.2, 0.25) is 0 Å². The summed E-state index contributed by atoms with van der Waals surface area (Å²) in [5.74, 6) is 5.63. The summed E-state index contributed by atoms with van der Waals surface area (Å²) >= 11 is 0. The van der Waals surface area contributed by atoms with Crippen molar-refractivity contribution in [1.29, 1.82) is 0 Å². The summed E-state index contributed by atoms with van der Waals surface area (Å²) in [5.41, 5.74) is 2.84. The summed E-state index contributed by atoms with van der Waals surface area (Å²) in [6.07, 6.45) is 8.83. The summed E-state index contributed by atoms with van der Waals surface area (Å²) in [5, 5.41) is 0. The second-order valence-corrected chi connectivity index (χ2v) is 4.30. The number of rotatable bonds is 6. The van der Waals surface area contributed by atoms with Gasteiger partial charge in [-0.1, -0.05) is 25.3 Å². The van der Waals surface area contributed by atoms with Gasteiger partial charge in [-0.05, 0) is 26.2 Å². The Balaban J connectivity index is 2.71. The number of hydrogen-bond donors (Lipinski definition) is 2. The maximum Gasteiger partial charge on any atom is 0.0851 e. The van der Waals surface area contributed by atoms with Crippen molar-refractivity contribution in [2.24, 2.45) is 5.84 Å². The normalized spacial score (nSPS) is 22.3. The van der Waals surface area contributed by atoms with Crippen LogP contribution in [0.5, 0.6) is 0 Å². The van der Waals surface area contributed by atoms with E-state index in [9.17, 15) is 0 Å². The lowest BCUT2D eigenvalue weighted by molar-refractivity contribution is -0.0892. The molecule has 3 nitrogen and oxygen atoms in total. The molecule has 1 unspecified atom stereocenters. The van der Waals surface area contributed by atoms with Crippen LogP contribution in [0.1, 0.15) is 45.4 Å². The molecule has 1 aliphatic carbocycles. The van der Waals surface area contributed by atoms with Crippen molar-refractivity contribution in [1.82, 2.24) is 5.43 Å². The third-order valence-corrected chi connectivity index (χ3v) is 3.37. The van der Waals surface area contributed by atoms with Crippen LogP contribution < -0.4 is 11.3 Å². The predicted molar refractivity (Wildman–Crippen MR) is 63.4 cm³/mol. The van der Waals surface area contributed by atoms with E-state index in [0.717, 1.165) is 25.9 Å². The molecule has 0 saturated heterocycles. The number of nitrogens with one attached hydrogen (secondary N) is 1. The fourth-order valence-electron chi connectivity index (χ4n) is 2.63. The van der Waals surface area contributed by atoms with Crippen LogP contribution in [0, 0.1) is 0 Å². The highest BCUT2D eigenvalue weighted by molar-refractivity contribution is 4.97. The molecule has 0 heterocycles. The van der Waals surface area contributed by atoms with Crippen LogP contribution in [0.4, 0.5) is 0 Å². The second kappa shape index (κ2) is 6.26. The molecule has 1 aliphatic rings. The molecule has 0 spiro atoms. The van der Waals surface area contributed by atoms with Crippen LogP contribution in [0.2, 0.25) is 0 Å². The highest BCUT2D eigenvalue weighted by atomic mass is 16.5. The van der Waals surface area contributed by atoms with Gasteiger partial charge in [0.25, 0.3) is 0 Å². The summed E-state index contributed by atoms with van der Waals surface area (Å²) in [7, 11) is 0. The largest absolute Gasteiger partial charge is 0.374 e. The maximum atomic E-state index is 5.99. The molecule has 1 atom stereocenters. The van der Waals surface area contributed by atoms with Crippen molar-refractivity contribution < 1.29 is 4.74 Å². The first-order valence-corrected chi connectivity index (χ1v) is 6.00. The predicted octanol–water partition coefficient (Wildman–Crippen LogP) is 2.13. The Kier molecular flexibility index (Phi) is 5.29. The van der Waals surface area contributed by atoms with Gasteiger partial charge in [-0.3, -0.25) is 11.3 Å². The molecule has 0 radical (unpaired) electrons. The first-order valence-electron chi connectivity index (χ1n) is 6.00. The minimum atomic E-state index is -0.0596. The van der Waals surface area contributed by atoms with E-state index in [0.29, 0.717) is 0 Å². The van der Waals surface area contributed by atoms with Gasteiger partial charge >= 0.3 is 0 Å². The van der Waals surface area contributed by atoms with Gasteiger partial charge in [-0.15, -0.1) is 6.58 Å². The standard InChI is InChI=1S/C12H24N2O/c1-3-8-11(14-13)12(15-4-2)9-6-5-7-10-12/h3,11,14H,1,4-10,13H2,2H3. The van der Waals surface area contributed by atoms with Crippen LogP contribution in [0.25, 0.3) is 0 Å². The topological polar surface area (TPSA) is 47.3 Å². The Hall–Kier alpha value is -0.380. The molecule has 3 N–H and O–H groups in total. The second-order valence-electron chi connectivity index (χ2n) is 4.30. The first kappa shape index (κ1) is 12.7. The first-order chi connectivity index (χ1) is 7.29. The molecule has 0 bridgehead atoms. The highest BCUT2D eigenvalue weighted by Gasteiger charge is 2.39. The molecule has 1 rings (SSSR count). The van der Waals surface area contributed by atoms with E-state index >= 15 is 0 Å². The monoisotopic (exact) mass is 212 g/mol. The Morgan fingerprint density at radius 3 is 2.60 bits per heavy atom. The Morgan fingerprint density at radius 2 is 2.13 bits per heavy atom. The number of ether oxygens (including phenoxy) is 1. The van der Waals surface area contributed by atoms with E-state index in [2.05, 4.69) is 18.9 Å². The molecule has 0 aromatic rings. The molecule has 15 heavy (non-hydrogen) atoms. The maximum absolute atomic E-state index is 5.99. The fraction of sp³-hybridized carbons (Fsp3) is 0.833. The van der Waals surface area contributed by atoms with Gasteiger partial charge in [-0.2, -0.15) is 0 Å². The van der Waals surface area contributed by atoms with E-state index in [1.165, 1.54) is 19.3 Å². The molecular weight excluding hydrogens is 188 g/mol. The zero-order valence-corrected chi connectivity index (χ0v) is 9.80. The van der Waals surface area contributed by atoms with Gasteiger partial charge in [0, 0.05) is 6.61 Å². The van der Waals surface area contributed by atoms with E-state index in [1.807, 2.05) is 6.08 Å². The van der Waals surface area contributed by atoms with E-state index in [4.69, 9.17) is 10.6 Å². The van der Waals surface area contributed by atoms with Gasteiger partial charge in [-0.25, -0.2) is 0 Å². The summed E-state index contributed by atoms with van der Waals surface area (Å²) in [6.45, 7) is 6.60. The van der Waals surface area contributed by atoms with Crippen molar-refractivity contribution in [3.8, 4) is 0 Å². The molecule has 88 valence electrons. The van der Waals surface area contributed by atoms with Gasteiger partial charge in [0.15, 0.2) is 0 Å². The molecule has 0 aromatic heterocycles. The van der Waals surface area contributed by atoms with Crippen LogP contribution in [-0.2, 0) is 4.74 Å². The third kappa shape index (κ3) is 3.03. The van der Waals surface area contributed by atoms with Crippen molar-refractivity contribution in [2.45, 2.75) is 57.1 Å². The molecule has 0 aliphatic heterocycles. The van der Waals surface area contributed by atoms with Crippen LogP contribution in [-0.4, -0.2) is 18.2 Å². The molecule has 1 saturated carbocycles. The number of hydrogen-bond acceptors (Lipinski definition) is 3. The van der Waals surface area contributed by atoms with Crippen molar-refractivity contribution in [2.75, 3.05) is 6.61 Å². The molecule has 3 heteroatoms. The fourth-order valence-corrected chi connectivity index (χ4v) is 2.63. The van der Waals surface area contributed by atoms with Crippen LogP contribution in [0.3, 0.4) is 0 Å². The number of hydrazine groups is 1.